The average molecular weight is 378 g/mol. The van der Waals surface area contributed by atoms with Gasteiger partial charge in [0.05, 0.1) is 4.92 Å². The highest BCUT2D eigenvalue weighted by Gasteiger charge is 2.27. The minimum absolute atomic E-state index is 0.00265. The van der Waals surface area contributed by atoms with E-state index >= 15 is 0 Å². The van der Waals surface area contributed by atoms with Gasteiger partial charge in [0.25, 0.3) is 5.69 Å². The molecule has 8 heteroatoms. The second-order valence-electron chi connectivity index (χ2n) is 7.70. The van der Waals surface area contributed by atoms with Gasteiger partial charge >= 0.3 is 12.1 Å². The molecule has 27 heavy (non-hydrogen) atoms. The molecular formula is C19H26N2O6. The number of nitro benzene ring substituents is 1. The molecule has 1 aromatic carbocycles. The van der Waals surface area contributed by atoms with Gasteiger partial charge in [-0.1, -0.05) is 0 Å². The SMILES string of the molecule is CC(C)(C)OC(=O)CC1CCN(C(=O)OCc2ccc([N+](=O)[O-])cc2)CC1. The number of esters is 1. The van der Waals surface area contributed by atoms with E-state index in [4.69, 9.17) is 9.47 Å². The van der Waals surface area contributed by atoms with E-state index in [2.05, 4.69) is 0 Å². The summed E-state index contributed by atoms with van der Waals surface area (Å²) in [6.07, 6.45) is 1.41. The first-order valence-corrected chi connectivity index (χ1v) is 9.01. The Hall–Kier alpha value is -2.64. The molecular weight excluding hydrogens is 352 g/mol. The molecule has 1 aliphatic rings. The molecule has 0 radical (unpaired) electrons. The van der Waals surface area contributed by atoms with Gasteiger partial charge in [-0.3, -0.25) is 14.9 Å². The first kappa shape index (κ1) is 20.7. The van der Waals surface area contributed by atoms with Crippen molar-refractivity contribution < 1.29 is 24.0 Å². The maximum atomic E-state index is 12.2. The van der Waals surface area contributed by atoms with Crippen LogP contribution in [0, 0.1) is 16.0 Å². The molecule has 0 spiro atoms. The van der Waals surface area contributed by atoms with Crippen molar-refractivity contribution in [2.75, 3.05) is 13.1 Å². The summed E-state index contributed by atoms with van der Waals surface area (Å²) in [6.45, 7) is 6.66. The molecule has 0 atom stereocenters. The molecule has 1 heterocycles. The third-order valence-corrected chi connectivity index (χ3v) is 4.26. The van der Waals surface area contributed by atoms with E-state index in [0.29, 0.717) is 25.1 Å². The van der Waals surface area contributed by atoms with Crippen LogP contribution in [0.3, 0.4) is 0 Å². The van der Waals surface area contributed by atoms with E-state index in [1.807, 2.05) is 20.8 Å². The zero-order valence-corrected chi connectivity index (χ0v) is 16.0. The predicted molar refractivity (Wildman–Crippen MR) is 98.0 cm³/mol. The third kappa shape index (κ3) is 6.88. The van der Waals surface area contributed by atoms with Crippen LogP contribution < -0.4 is 0 Å². The molecule has 2 rings (SSSR count). The van der Waals surface area contributed by atoms with Crippen molar-refractivity contribution in [2.24, 2.45) is 5.92 Å². The van der Waals surface area contributed by atoms with Crippen LogP contribution in [0.15, 0.2) is 24.3 Å². The number of carbonyl (C=O) groups excluding carboxylic acids is 2. The van der Waals surface area contributed by atoms with E-state index in [1.54, 1.807) is 17.0 Å². The zero-order chi connectivity index (χ0) is 20.0. The highest BCUT2D eigenvalue weighted by Crippen LogP contribution is 2.23. The lowest BCUT2D eigenvalue weighted by Gasteiger charge is -2.31. The van der Waals surface area contributed by atoms with Crippen LogP contribution in [0.5, 0.6) is 0 Å². The number of benzene rings is 1. The number of amides is 1. The van der Waals surface area contributed by atoms with Gasteiger partial charge < -0.3 is 14.4 Å². The lowest BCUT2D eigenvalue weighted by atomic mass is 9.94. The number of likely N-dealkylation sites (tertiary alicyclic amines) is 1. The van der Waals surface area contributed by atoms with Crippen LogP contribution in [0.25, 0.3) is 0 Å². The number of hydrogen-bond acceptors (Lipinski definition) is 6. The molecule has 0 unspecified atom stereocenters. The van der Waals surface area contributed by atoms with Gasteiger partial charge in [0.15, 0.2) is 0 Å². The van der Waals surface area contributed by atoms with Crippen LogP contribution in [-0.4, -0.2) is 40.6 Å². The summed E-state index contributed by atoms with van der Waals surface area (Å²) in [5.74, 6) is 0.000250. The van der Waals surface area contributed by atoms with Crippen molar-refractivity contribution in [3.05, 3.63) is 39.9 Å². The van der Waals surface area contributed by atoms with Crippen LogP contribution in [0.2, 0.25) is 0 Å². The highest BCUT2D eigenvalue weighted by atomic mass is 16.6. The molecule has 1 saturated heterocycles. The monoisotopic (exact) mass is 378 g/mol. The summed E-state index contributed by atoms with van der Waals surface area (Å²) in [4.78, 5) is 35.8. The van der Waals surface area contributed by atoms with Crippen LogP contribution in [-0.2, 0) is 20.9 Å². The van der Waals surface area contributed by atoms with Gasteiger partial charge in [-0.05, 0) is 57.2 Å². The fraction of sp³-hybridized carbons (Fsp3) is 0.579. The largest absolute Gasteiger partial charge is 0.460 e. The number of ether oxygens (including phenoxy) is 2. The molecule has 0 aliphatic carbocycles. The Labute approximate surface area is 158 Å². The summed E-state index contributed by atoms with van der Waals surface area (Å²) in [6, 6.07) is 5.90. The van der Waals surface area contributed by atoms with Crippen molar-refractivity contribution in [1.82, 2.24) is 4.90 Å². The molecule has 1 amide bonds. The second kappa shape index (κ2) is 8.83. The maximum Gasteiger partial charge on any atom is 0.410 e. The van der Waals surface area contributed by atoms with E-state index in [-0.39, 0.29) is 24.2 Å². The lowest BCUT2D eigenvalue weighted by molar-refractivity contribution is -0.384. The fourth-order valence-electron chi connectivity index (χ4n) is 2.89. The van der Waals surface area contributed by atoms with Gasteiger partial charge in [0.1, 0.15) is 12.2 Å². The molecule has 148 valence electrons. The predicted octanol–water partition coefficient (Wildman–Crippen LogP) is 3.68. The number of piperidine rings is 1. The minimum atomic E-state index is -0.487. The Morgan fingerprint density at radius 1 is 1.19 bits per heavy atom. The lowest BCUT2D eigenvalue weighted by Crippen LogP contribution is -2.39. The minimum Gasteiger partial charge on any atom is -0.460 e. The van der Waals surface area contributed by atoms with Gasteiger partial charge in [0, 0.05) is 31.6 Å². The van der Waals surface area contributed by atoms with Crippen LogP contribution >= 0.6 is 0 Å². The van der Waals surface area contributed by atoms with Crippen molar-refractivity contribution in [3.8, 4) is 0 Å². The zero-order valence-electron chi connectivity index (χ0n) is 16.0. The summed E-state index contributed by atoms with van der Waals surface area (Å²) in [5, 5.41) is 10.6. The molecule has 0 N–H and O–H groups in total. The summed E-state index contributed by atoms with van der Waals surface area (Å²) < 4.78 is 10.6. The number of nitrogens with zero attached hydrogens (tertiary/aromatic N) is 2. The Kier molecular flexibility index (Phi) is 6.76. The summed E-state index contributed by atoms with van der Waals surface area (Å²) >= 11 is 0. The van der Waals surface area contributed by atoms with Gasteiger partial charge in [0.2, 0.25) is 0 Å². The van der Waals surface area contributed by atoms with Crippen molar-refractivity contribution in [3.63, 3.8) is 0 Å². The quantitative estimate of drug-likeness (QED) is 0.440. The number of carbonyl (C=O) groups is 2. The highest BCUT2D eigenvalue weighted by molar-refractivity contribution is 5.70. The van der Waals surface area contributed by atoms with E-state index in [9.17, 15) is 19.7 Å². The van der Waals surface area contributed by atoms with E-state index < -0.39 is 16.6 Å². The van der Waals surface area contributed by atoms with E-state index in [0.717, 1.165) is 12.8 Å². The first-order valence-electron chi connectivity index (χ1n) is 9.01. The smallest absolute Gasteiger partial charge is 0.410 e. The normalized spacial score (nSPS) is 15.3. The molecule has 1 aliphatic heterocycles. The van der Waals surface area contributed by atoms with Crippen molar-refractivity contribution >= 4 is 17.7 Å². The Morgan fingerprint density at radius 3 is 2.30 bits per heavy atom. The Balaban J connectivity index is 1.73. The summed E-state index contributed by atoms with van der Waals surface area (Å²) in [7, 11) is 0. The number of nitro groups is 1. The number of non-ortho nitro benzene ring substituents is 1. The number of hydrogen-bond donors (Lipinski definition) is 0. The first-order chi connectivity index (χ1) is 12.6. The molecule has 1 aromatic rings. The van der Waals surface area contributed by atoms with Gasteiger partial charge in [-0.2, -0.15) is 0 Å². The number of rotatable bonds is 5. The maximum absolute atomic E-state index is 12.2. The van der Waals surface area contributed by atoms with Crippen molar-refractivity contribution in [1.29, 1.82) is 0 Å². The van der Waals surface area contributed by atoms with Gasteiger partial charge in [-0.25, -0.2) is 4.79 Å². The topological polar surface area (TPSA) is 99.0 Å². The van der Waals surface area contributed by atoms with E-state index in [1.165, 1.54) is 12.1 Å². The fourth-order valence-corrected chi connectivity index (χ4v) is 2.89. The van der Waals surface area contributed by atoms with Crippen molar-refractivity contribution in [2.45, 2.75) is 52.2 Å². The average Bonchev–Trinajstić information content (AvgIpc) is 2.59. The van der Waals surface area contributed by atoms with Crippen LogP contribution in [0.1, 0.15) is 45.6 Å². The second-order valence-corrected chi connectivity index (χ2v) is 7.70. The molecule has 0 saturated carbocycles. The summed E-state index contributed by atoms with van der Waals surface area (Å²) in [5.41, 5.74) is 0.199. The molecule has 0 bridgehead atoms. The molecule has 8 nitrogen and oxygen atoms in total. The third-order valence-electron chi connectivity index (χ3n) is 4.26. The van der Waals surface area contributed by atoms with Gasteiger partial charge in [-0.15, -0.1) is 0 Å². The Morgan fingerprint density at radius 2 is 1.78 bits per heavy atom. The Bertz CT molecular complexity index is 672. The molecule has 0 aromatic heterocycles. The molecule has 1 fully saturated rings. The standard InChI is InChI=1S/C19H26N2O6/c1-19(2,3)27-17(22)12-14-8-10-20(11-9-14)18(23)26-13-15-4-6-16(7-5-15)21(24)25/h4-7,14H,8-13H2,1-3H3. The van der Waals surface area contributed by atoms with Crippen LogP contribution in [0.4, 0.5) is 10.5 Å².